The number of carbonyl (C=O) groups excluding carboxylic acids is 1. The Morgan fingerprint density at radius 3 is 2.81 bits per heavy atom. The maximum absolute atomic E-state index is 12.1. The Morgan fingerprint density at radius 1 is 1.19 bits per heavy atom. The Balaban J connectivity index is 1.54. The van der Waals surface area contributed by atoms with Crippen LogP contribution in [0.5, 0.6) is 5.75 Å². The highest BCUT2D eigenvalue weighted by Crippen LogP contribution is 2.18. The number of anilines is 1. The number of halogens is 1. The average Bonchev–Trinajstić information content (AvgIpc) is 3.04. The third kappa shape index (κ3) is 4.83. The van der Waals surface area contributed by atoms with Crippen LogP contribution in [-0.2, 0) is 17.8 Å². The Bertz CT molecular complexity index is 924. The number of hydrogen-bond acceptors (Lipinski definition) is 5. The molecule has 0 fully saturated rings. The molecule has 0 unspecified atom stereocenters. The van der Waals surface area contributed by atoms with E-state index >= 15 is 0 Å². The monoisotopic (exact) mass is 371 g/mol. The van der Waals surface area contributed by atoms with Gasteiger partial charge in [0.25, 0.3) is 5.89 Å². The van der Waals surface area contributed by atoms with Gasteiger partial charge in [0.2, 0.25) is 5.91 Å². The van der Waals surface area contributed by atoms with E-state index in [0.717, 1.165) is 11.3 Å². The first-order valence-electron chi connectivity index (χ1n) is 8.06. The molecule has 134 valence electrons. The van der Waals surface area contributed by atoms with Crippen LogP contribution in [0, 0.1) is 13.8 Å². The number of benzene rings is 2. The van der Waals surface area contributed by atoms with Gasteiger partial charge in [0.1, 0.15) is 5.75 Å². The van der Waals surface area contributed by atoms with E-state index < -0.39 is 0 Å². The first-order chi connectivity index (χ1) is 12.5. The Hall–Kier alpha value is -2.86. The number of rotatable bonds is 6. The standard InChI is InChI=1S/C19H18ClN3O3/c1-12-6-7-15(8-13(12)2)21-18(24)10-17-22-19(26-23-17)11-25-16-5-3-4-14(20)9-16/h3-9H,10-11H2,1-2H3,(H,21,24). The Labute approximate surface area is 156 Å². The number of aryl methyl sites for hydroxylation is 2. The van der Waals surface area contributed by atoms with Crippen LogP contribution in [0.2, 0.25) is 5.02 Å². The molecule has 1 N–H and O–H groups in total. The number of ether oxygens (including phenoxy) is 1. The summed E-state index contributed by atoms with van der Waals surface area (Å²) >= 11 is 5.90. The van der Waals surface area contributed by atoms with Crippen LogP contribution in [0.3, 0.4) is 0 Å². The van der Waals surface area contributed by atoms with Gasteiger partial charge >= 0.3 is 0 Å². The van der Waals surface area contributed by atoms with Crippen LogP contribution in [-0.4, -0.2) is 16.0 Å². The second kappa shape index (κ2) is 8.01. The first-order valence-corrected chi connectivity index (χ1v) is 8.44. The molecule has 1 amide bonds. The minimum atomic E-state index is -0.212. The zero-order valence-electron chi connectivity index (χ0n) is 14.5. The van der Waals surface area contributed by atoms with Crippen molar-refractivity contribution in [2.75, 3.05) is 5.32 Å². The number of hydrogen-bond donors (Lipinski definition) is 1. The zero-order chi connectivity index (χ0) is 18.5. The van der Waals surface area contributed by atoms with E-state index in [1.807, 2.05) is 32.0 Å². The van der Waals surface area contributed by atoms with E-state index in [1.54, 1.807) is 24.3 Å². The number of nitrogens with zero attached hydrogens (tertiary/aromatic N) is 2. The van der Waals surface area contributed by atoms with Gasteiger partial charge in [-0.15, -0.1) is 0 Å². The van der Waals surface area contributed by atoms with Crippen molar-refractivity contribution in [3.63, 3.8) is 0 Å². The molecule has 3 rings (SSSR count). The van der Waals surface area contributed by atoms with E-state index in [0.29, 0.717) is 22.5 Å². The molecule has 0 radical (unpaired) electrons. The minimum absolute atomic E-state index is 0.0214. The molecule has 0 aliphatic heterocycles. The smallest absolute Gasteiger partial charge is 0.264 e. The summed E-state index contributed by atoms with van der Waals surface area (Å²) in [4.78, 5) is 16.3. The summed E-state index contributed by atoms with van der Waals surface area (Å²) in [6, 6.07) is 12.8. The number of nitrogens with one attached hydrogen (secondary N) is 1. The predicted molar refractivity (Wildman–Crippen MR) is 98.3 cm³/mol. The Morgan fingerprint density at radius 2 is 2.04 bits per heavy atom. The maximum atomic E-state index is 12.1. The largest absolute Gasteiger partial charge is 0.484 e. The molecule has 1 heterocycles. The van der Waals surface area contributed by atoms with Crippen molar-refractivity contribution in [2.45, 2.75) is 26.9 Å². The lowest BCUT2D eigenvalue weighted by molar-refractivity contribution is -0.115. The van der Waals surface area contributed by atoms with Crippen LogP contribution >= 0.6 is 11.6 Å². The van der Waals surface area contributed by atoms with Crippen molar-refractivity contribution in [1.82, 2.24) is 10.1 Å². The first kappa shape index (κ1) is 17.9. The lowest BCUT2D eigenvalue weighted by Crippen LogP contribution is -2.15. The molecular weight excluding hydrogens is 354 g/mol. The quantitative estimate of drug-likeness (QED) is 0.705. The average molecular weight is 372 g/mol. The SMILES string of the molecule is Cc1ccc(NC(=O)Cc2noc(COc3cccc(Cl)c3)n2)cc1C. The van der Waals surface area contributed by atoms with Crippen molar-refractivity contribution in [2.24, 2.45) is 0 Å². The summed E-state index contributed by atoms with van der Waals surface area (Å²) in [5, 5.41) is 7.21. The molecule has 0 aliphatic carbocycles. The third-order valence-electron chi connectivity index (χ3n) is 3.78. The highest BCUT2D eigenvalue weighted by molar-refractivity contribution is 6.30. The molecule has 0 saturated carbocycles. The lowest BCUT2D eigenvalue weighted by Gasteiger charge is -2.06. The molecule has 7 heteroatoms. The van der Waals surface area contributed by atoms with Gasteiger partial charge < -0.3 is 14.6 Å². The van der Waals surface area contributed by atoms with E-state index in [4.69, 9.17) is 20.9 Å². The van der Waals surface area contributed by atoms with Crippen molar-refractivity contribution >= 4 is 23.2 Å². The maximum Gasteiger partial charge on any atom is 0.264 e. The van der Waals surface area contributed by atoms with E-state index in [2.05, 4.69) is 15.5 Å². The highest BCUT2D eigenvalue weighted by atomic mass is 35.5. The summed E-state index contributed by atoms with van der Waals surface area (Å²) in [7, 11) is 0. The number of aromatic nitrogens is 2. The van der Waals surface area contributed by atoms with Gasteiger partial charge in [0.05, 0.1) is 6.42 Å². The zero-order valence-corrected chi connectivity index (χ0v) is 15.2. The van der Waals surface area contributed by atoms with E-state index in [-0.39, 0.29) is 18.9 Å². The predicted octanol–water partition coefficient (Wildman–Crippen LogP) is 4.10. The van der Waals surface area contributed by atoms with Crippen molar-refractivity contribution in [1.29, 1.82) is 0 Å². The van der Waals surface area contributed by atoms with Gasteiger partial charge in [-0.1, -0.05) is 28.9 Å². The van der Waals surface area contributed by atoms with Gasteiger partial charge in [-0.3, -0.25) is 4.79 Å². The molecule has 3 aromatic rings. The van der Waals surface area contributed by atoms with Gasteiger partial charge in [-0.25, -0.2) is 0 Å². The molecule has 0 saturated heterocycles. The van der Waals surface area contributed by atoms with Crippen molar-refractivity contribution in [3.05, 3.63) is 70.3 Å². The normalized spacial score (nSPS) is 10.6. The number of amides is 1. The second-order valence-corrected chi connectivity index (χ2v) is 6.31. The molecule has 0 bridgehead atoms. The lowest BCUT2D eigenvalue weighted by atomic mass is 10.1. The summed E-state index contributed by atoms with van der Waals surface area (Å²) < 4.78 is 10.6. The van der Waals surface area contributed by atoms with Gasteiger partial charge in [-0.2, -0.15) is 4.98 Å². The van der Waals surface area contributed by atoms with Crippen LogP contribution in [0.1, 0.15) is 22.8 Å². The van der Waals surface area contributed by atoms with E-state index in [9.17, 15) is 4.79 Å². The Kier molecular flexibility index (Phi) is 5.53. The summed E-state index contributed by atoms with van der Waals surface area (Å²) in [5.41, 5.74) is 3.03. The van der Waals surface area contributed by atoms with Crippen molar-refractivity contribution in [3.8, 4) is 5.75 Å². The van der Waals surface area contributed by atoms with Gasteiger partial charge in [0, 0.05) is 10.7 Å². The fourth-order valence-electron chi connectivity index (χ4n) is 2.29. The molecule has 1 aromatic heterocycles. The summed E-state index contributed by atoms with van der Waals surface area (Å²) in [6.07, 6.45) is 0.0214. The minimum Gasteiger partial charge on any atom is -0.484 e. The van der Waals surface area contributed by atoms with Gasteiger partial charge in [-0.05, 0) is 55.3 Å². The van der Waals surface area contributed by atoms with Crippen LogP contribution < -0.4 is 10.1 Å². The van der Waals surface area contributed by atoms with Crippen LogP contribution in [0.15, 0.2) is 47.0 Å². The fraction of sp³-hybridized carbons (Fsp3) is 0.211. The molecule has 0 atom stereocenters. The second-order valence-electron chi connectivity index (χ2n) is 5.87. The highest BCUT2D eigenvalue weighted by Gasteiger charge is 2.12. The molecule has 0 spiro atoms. The van der Waals surface area contributed by atoms with Crippen LogP contribution in [0.4, 0.5) is 5.69 Å². The van der Waals surface area contributed by atoms with Crippen LogP contribution in [0.25, 0.3) is 0 Å². The topological polar surface area (TPSA) is 77.2 Å². The third-order valence-corrected chi connectivity index (χ3v) is 4.01. The molecule has 26 heavy (non-hydrogen) atoms. The fourth-order valence-corrected chi connectivity index (χ4v) is 2.47. The summed E-state index contributed by atoms with van der Waals surface area (Å²) in [6.45, 7) is 4.12. The number of carbonyl (C=O) groups is 1. The molecular formula is C19H18ClN3O3. The van der Waals surface area contributed by atoms with Gasteiger partial charge in [0.15, 0.2) is 12.4 Å². The molecule has 6 nitrogen and oxygen atoms in total. The molecule has 0 aliphatic rings. The van der Waals surface area contributed by atoms with E-state index in [1.165, 1.54) is 5.56 Å². The van der Waals surface area contributed by atoms with Crippen molar-refractivity contribution < 1.29 is 14.1 Å². The summed E-state index contributed by atoms with van der Waals surface area (Å²) in [5.74, 6) is 0.982. The molecule has 2 aromatic carbocycles.